The molecule has 0 spiro atoms. The van der Waals surface area contributed by atoms with Gasteiger partial charge in [-0.15, -0.1) is 0 Å². The molecule has 0 aromatic rings. The summed E-state index contributed by atoms with van der Waals surface area (Å²) in [4.78, 5) is 24.6. The van der Waals surface area contributed by atoms with Crippen LogP contribution in [0.2, 0.25) is 0 Å². The maximum Gasteiger partial charge on any atom is 0.304 e. The summed E-state index contributed by atoms with van der Waals surface area (Å²) >= 11 is 0. The number of amides is 1. The molecule has 0 aliphatic heterocycles. The fourth-order valence-corrected chi connectivity index (χ4v) is 2.37. The van der Waals surface area contributed by atoms with Crippen molar-refractivity contribution in [3.8, 4) is 0 Å². The van der Waals surface area contributed by atoms with Gasteiger partial charge in [-0.2, -0.15) is 0 Å². The third-order valence-corrected chi connectivity index (χ3v) is 3.67. The van der Waals surface area contributed by atoms with Crippen LogP contribution in [0.15, 0.2) is 0 Å². The van der Waals surface area contributed by atoms with Crippen molar-refractivity contribution in [3.05, 3.63) is 0 Å². The maximum atomic E-state index is 12.0. The van der Waals surface area contributed by atoms with E-state index in [4.69, 9.17) is 5.11 Å². The van der Waals surface area contributed by atoms with E-state index in [-0.39, 0.29) is 31.0 Å². The Morgan fingerprint density at radius 3 is 2.24 bits per heavy atom. The van der Waals surface area contributed by atoms with E-state index in [2.05, 4.69) is 19.2 Å². The van der Waals surface area contributed by atoms with Gasteiger partial charge in [0.2, 0.25) is 5.91 Å². The van der Waals surface area contributed by atoms with E-state index in [1.807, 2.05) is 25.7 Å². The quantitative estimate of drug-likeness (QED) is 0.615. The minimum atomic E-state index is -0.830. The predicted octanol–water partition coefficient (Wildman–Crippen LogP) is 2.50. The van der Waals surface area contributed by atoms with E-state index in [9.17, 15) is 9.59 Å². The molecule has 0 bridgehead atoms. The Hall–Kier alpha value is -1.10. The Labute approximate surface area is 129 Å². The van der Waals surface area contributed by atoms with Crippen molar-refractivity contribution in [1.82, 2.24) is 10.2 Å². The largest absolute Gasteiger partial charge is 0.481 e. The summed E-state index contributed by atoms with van der Waals surface area (Å²) in [5.74, 6) is -0.157. The average Bonchev–Trinajstić information content (AvgIpc) is 2.34. The summed E-state index contributed by atoms with van der Waals surface area (Å²) in [6.07, 6.45) is 3.34. The molecule has 0 aromatic carbocycles. The number of hydrogen-bond acceptors (Lipinski definition) is 3. The molecule has 0 aliphatic rings. The van der Waals surface area contributed by atoms with Crippen LogP contribution in [0.25, 0.3) is 0 Å². The number of carboxylic acid groups (broad SMARTS) is 1. The van der Waals surface area contributed by atoms with Crippen LogP contribution in [0.1, 0.15) is 60.3 Å². The second kappa shape index (κ2) is 10.6. The Morgan fingerprint density at radius 1 is 1.14 bits per heavy atom. The highest BCUT2D eigenvalue weighted by molar-refractivity contribution is 5.78. The van der Waals surface area contributed by atoms with Gasteiger partial charge in [0.05, 0.1) is 13.0 Å². The zero-order valence-corrected chi connectivity index (χ0v) is 14.2. The minimum absolute atomic E-state index is 0.0221. The number of aliphatic carboxylic acids is 1. The fourth-order valence-electron chi connectivity index (χ4n) is 2.37. The predicted molar refractivity (Wildman–Crippen MR) is 85.3 cm³/mol. The molecule has 124 valence electrons. The van der Waals surface area contributed by atoms with E-state index in [0.717, 1.165) is 12.8 Å². The van der Waals surface area contributed by atoms with Gasteiger partial charge in [0, 0.05) is 12.1 Å². The standard InChI is InChI=1S/C16H32N2O3/c1-6-18(14(5)10-16(20)21)11-15(19)17-13(4)9-7-8-12(2)3/h12-14H,6-11H2,1-5H3,(H,17,19)(H,20,21). The second-order valence-electron chi connectivity index (χ2n) is 6.30. The highest BCUT2D eigenvalue weighted by Crippen LogP contribution is 2.08. The Kier molecular flexibility index (Phi) is 10.0. The number of hydrogen-bond donors (Lipinski definition) is 2. The van der Waals surface area contributed by atoms with Crippen molar-refractivity contribution in [2.75, 3.05) is 13.1 Å². The van der Waals surface area contributed by atoms with Crippen molar-refractivity contribution in [1.29, 1.82) is 0 Å². The molecule has 2 unspecified atom stereocenters. The van der Waals surface area contributed by atoms with E-state index >= 15 is 0 Å². The second-order valence-corrected chi connectivity index (χ2v) is 6.30. The summed E-state index contributed by atoms with van der Waals surface area (Å²) in [6.45, 7) is 11.1. The number of carboxylic acids is 1. The van der Waals surface area contributed by atoms with Crippen LogP contribution < -0.4 is 5.32 Å². The Morgan fingerprint density at radius 2 is 1.76 bits per heavy atom. The molecule has 0 heterocycles. The number of rotatable bonds is 11. The SMILES string of the molecule is CCN(CC(=O)NC(C)CCCC(C)C)C(C)CC(=O)O. The van der Waals surface area contributed by atoms with Gasteiger partial charge in [-0.25, -0.2) is 0 Å². The first kappa shape index (κ1) is 19.9. The van der Waals surface area contributed by atoms with E-state index in [1.54, 1.807) is 0 Å². The minimum Gasteiger partial charge on any atom is -0.481 e. The van der Waals surface area contributed by atoms with E-state index < -0.39 is 5.97 Å². The number of nitrogens with one attached hydrogen (secondary N) is 1. The van der Waals surface area contributed by atoms with Crippen LogP contribution in [-0.4, -0.2) is 47.1 Å². The van der Waals surface area contributed by atoms with Crippen molar-refractivity contribution in [2.45, 2.75) is 72.4 Å². The lowest BCUT2D eigenvalue weighted by Gasteiger charge is -2.26. The molecule has 2 atom stereocenters. The van der Waals surface area contributed by atoms with Crippen LogP contribution in [-0.2, 0) is 9.59 Å². The number of carbonyl (C=O) groups excluding carboxylic acids is 1. The van der Waals surface area contributed by atoms with Crippen molar-refractivity contribution in [3.63, 3.8) is 0 Å². The van der Waals surface area contributed by atoms with Crippen LogP contribution in [0.5, 0.6) is 0 Å². The van der Waals surface area contributed by atoms with E-state index in [1.165, 1.54) is 6.42 Å². The monoisotopic (exact) mass is 300 g/mol. The molecule has 0 aromatic heterocycles. The molecule has 0 rings (SSSR count). The molecule has 0 saturated heterocycles. The summed E-state index contributed by atoms with van der Waals surface area (Å²) in [7, 11) is 0. The lowest BCUT2D eigenvalue weighted by molar-refractivity contribution is -0.139. The molecule has 0 fully saturated rings. The Bertz CT molecular complexity index is 319. The third-order valence-electron chi connectivity index (χ3n) is 3.67. The highest BCUT2D eigenvalue weighted by atomic mass is 16.4. The van der Waals surface area contributed by atoms with Crippen LogP contribution >= 0.6 is 0 Å². The van der Waals surface area contributed by atoms with Crippen LogP contribution in [0.4, 0.5) is 0 Å². The van der Waals surface area contributed by atoms with Gasteiger partial charge < -0.3 is 10.4 Å². The smallest absolute Gasteiger partial charge is 0.304 e. The fraction of sp³-hybridized carbons (Fsp3) is 0.875. The lowest BCUT2D eigenvalue weighted by atomic mass is 10.0. The molecule has 0 saturated carbocycles. The molecule has 21 heavy (non-hydrogen) atoms. The normalized spacial score (nSPS) is 14.2. The third kappa shape index (κ3) is 10.3. The number of carbonyl (C=O) groups is 2. The molecule has 1 amide bonds. The molecular weight excluding hydrogens is 268 g/mol. The topological polar surface area (TPSA) is 69.6 Å². The lowest BCUT2D eigenvalue weighted by Crippen LogP contribution is -2.44. The van der Waals surface area contributed by atoms with Crippen molar-refractivity contribution >= 4 is 11.9 Å². The molecule has 0 radical (unpaired) electrons. The van der Waals surface area contributed by atoms with Gasteiger partial charge in [0.15, 0.2) is 0 Å². The molecule has 5 nitrogen and oxygen atoms in total. The van der Waals surface area contributed by atoms with Crippen LogP contribution in [0.3, 0.4) is 0 Å². The zero-order chi connectivity index (χ0) is 16.4. The molecular formula is C16H32N2O3. The van der Waals surface area contributed by atoms with Gasteiger partial charge in [-0.05, 0) is 32.7 Å². The molecule has 2 N–H and O–H groups in total. The Balaban J connectivity index is 4.11. The van der Waals surface area contributed by atoms with Crippen molar-refractivity contribution in [2.24, 2.45) is 5.92 Å². The first-order chi connectivity index (χ1) is 9.76. The highest BCUT2D eigenvalue weighted by Gasteiger charge is 2.18. The first-order valence-electron chi connectivity index (χ1n) is 8.01. The summed E-state index contributed by atoms with van der Waals surface area (Å²) in [5.41, 5.74) is 0. The molecule has 0 aliphatic carbocycles. The van der Waals surface area contributed by atoms with Crippen LogP contribution in [0, 0.1) is 5.92 Å². The van der Waals surface area contributed by atoms with Gasteiger partial charge in [0.1, 0.15) is 0 Å². The number of nitrogens with zero attached hydrogens (tertiary/aromatic N) is 1. The summed E-state index contributed by atoms with van der Waals surface area (Å²) < 4.78 is 0. The van der Waals surface area contributed by atoms with Gasteiger partial charge >= 0.3 is 5.97 Å². The van der Waals surface area contributed by atoms with E-state index in [0.29, 0.717) is 12.5 Å². The first-order valence-corrected chi connectivity index (χ1v) is 8.01. The summed E-state index contributed by atoms with van der Waals surface area (Å²) in [6, 6.07) is 0.0410. The molecule has 5 heteroatoms. The van der Waals surface area contributed by atoms with Gasteiger partial charge in [-0.1, -0.05) is 33.6 Å². The number of likely N-dealkylation sites (N-methyl/N-ethyl adjacent to an activating group) is 1. The average molecular weight is 300 g/mol. The zero-order valence-electron chi connectivity index (χ0n) is 14.2. The van der Waals surface area contributed by atoms with Gasteiger partial charge in [-0.3, -0.25) is 14.5 Å². The van der Waals surface area contributed by atoms with Gasteiger partial charge in [0.25, 0.3) is 0 Å². The summed E-state index contributed by atoms with van der Waals surface area (Å²) in [5, 5.41) is 11.8. The maximum absolute atomic E-state index is 12.0. The van der Waals surface area contributed by atoms with Crippen molar-refractivity contribution < 1.29 is 14.7 Å².